The highest BCUT2D eigenvalue weighted by Gasteiger charge is 2.28. The van der Waals surface area contributed by atoms with Crippen LogP contribution in [0.4, 0.5) is 0 Å². The van der Waals surface area contributed by atoms with E-state index in [1.165, 1.54) is 0 Å². The fourth-order valence-electron chi connectivity index (χ4n) is 2.56. The van der Waals surface area contributed by atoms with Crippen LogP contribution in [0.3, 0.4) is 0 Å². The lowest BCUT2D eigenvalue weighted by molar-refractivity contribution is 0.0744. The van der Waals surface area contributed by atoms with Crippen molar-refractivity contribution in [3.05, 3.63) is 35.0 Å². The lowest BCUT2D eigenvalue weighted by atomic mass is 10.1. The molecule has 2 aromatic rings. The molecule has 18 heavy (non-hydrogen) atoms. The van der Waals surface area contributed by atoms with Crippen LogP contribution in [0.1, 0.15) is 24.6 Å². The van der Waals surface area contributed by atoms with Gasteiger partial charge in [-0.15, -0.1) is 0 Å². The van der Waals surface area contributed by atoms with Crippen LogP contribution >= 0.6 is 11.6 Å². The Balaban J connectivity index is 1.96. The number of halogens is 1. The normalized spacial score (nSPS) is 21.6. The fourth-order valence-corrected chi connectivity index (χ4v) is 2.75. The highest BCUT2D eigenvalue weighted by atomic mass is 35.5. The molecule has 2 atom stereocenters. The zero-order valence-electron chi connectivity index (χ0n) is 10.3. The molecule has 1 aromatic carbocycles. The minimum atomic E-state index is 0.110. The monoisotopic (exact) mass is 265 g/mol. The molecular formula is C14H16ClNO2. The summed E-state index contributed by atoms with van der Waals surface area (Å²) in [6, 6.07) is 7.83. The van der Waals surface area contributed by atoms with E-state index in [0.717, 1.165) is 41.2 Å². The maximum absolute atomic E-state index is 5.99. The van der Waals surface area contributed by atoms with Gasteiger partial charge in [-0.3, -0.25) is 0 Å². The number of benzene rings is 1. The molecule has 0 saturated carbocycles. The molecule has 0 radical (unpaired) electrons. The van der Waals surface area contributed by atoms with Gasteiger partial charge in [-0.05, 0) is 44.2 Å². The van der Waals surface area contributed by atoms with Crippen LogP contribution in [-0.4, -0.2) is 19.8 Å². The number of furan rings is 1. The third kappa shape index (κ3) is 2.14. The summed E-state index contributed by atoms with van der Waals surface area (Å²) >= 11 is 5.99. The summed E-state index contributed by atoms with van der Waals surface area (Å²) < 4.78 is 11.6. The molecule has 4 heteroatoms. The number of fused-ring (bicyclic) bond motifs is 1. The standard InChI is InChI=1S/C14H16ClNO2/c1-16-14(12-3-2-6-17-12)13-8-9-7-10(15)4-5-11(9)18-13/h4-5,7-8,12,14,16H,2-3,6H2,1H3. The summed E-state index contributed by atoms with van der Waals surface area (Å²) in [5, 5.41) is 5.05. The quantitative estimate of drug-likeness (QED) is 0.922. The van der Waals surface area contributed by atoms with Gasteiger partial charge in [0.05, 0.1) is 12.1 Å². The molecule has 0 spiro atoms. The van der Waals surface area contributed by atoms with E-state index in [9.17, 15) is 0 Å². The average molecular weight is 266 g/mol. The van der Waals surface area contributed by atoms with Gasteiger partial charge in [-0.2, -0.15) is 0 Å². The van der Waals surface area contributed by atoms with Crippen LogP contribution in [0.2, 0.25) is 5.02 Å². The first-order chi connectivity index (χ1) is 8.78. The Morgan fingerprint density at radius 1 is 1.39 bits per heavy atom. The maximum atomic E-state index is 5.99. The van der Waals surface area contributed by atoms with Crippen LogP contribution in [-0.2, 0) is 4.74 Å². The van der Waals surface area contributed by atoms with Gasteiger partial charge in [0, 0.05) is 17.0 Å². The lowest BCUT2D eigenvalue weighted by Crippen LogP contribution is -2.28. The number of nitrogens with one attached hydrogen (secondary N) is 1. The average Bonchev–Trinajstić information content (AvgIpc) is 2.98. The molecule has 1 aliphatic rings. The van der Waals surface area contributed by atoms with Crippen molar-refractivity contribution in [3.8, 4) is 0 Å². The first-order valence-corrected chi connectivity index (χ1v) is 6.63. The first kappa shape index (κ1) is 12.0. The Labute approximate surface area is 111 Å². The van der Waals surface area contributed by atoms with Crippen molar-refractivity contribution >= 4 is 22.6 Å². The molecule has 1 saturated heterocycles. The van der Waals surface area contributed by atoms with Crippen molar-refractivity contribution in [2.45, 2.75) is 25.0 Å². The minimum Gasteiger partial charge on any atom is -0.459 e. The van der Waals surface area contributed by atoms with Crippen molar-refractivity contribution in [2.75, 3.05) is 13.7 Å². The van der Waals surface area contributed by atoms with Crippen molar-refractivity contribution in [1.82, 2.24) is 5.32 Å². The van der Waals surface area contributed by atoms with E-state index in [-0.39, 0.29) is 12.1 Å². The molecule has 0 amide bonds. The molecule has 1 fully saturated rings. The van der Waals surface area contributed by atoms with Crippen molar-refractivity contribution in [1.29, 1.82) is 0 Å². The van der Waals surface area contributed by atoms with Gasteiger partial charge >= 0.3 is 0 Å². The zero-order valence-corrected chi connectivity index (χ0v) is 11.0. The van der Waals surface area contributed by atoms with Crippen LogP contribution in [0, 0.1) is 0 Å². The van der Waals surface area contributed by atoms with Gasteiger partial charge in [0.25, 0.3) is 0 Å². The van der Waals surface area contributed by atoms with Gasteiger partial charge in [0.2, 0.25) is 0 Å². The number of ether oxygens (including phenoxy) is 1. The molecule has 1 N–H and O–H groups in total. The lowest BCUT2D eigenvalue weighted by Gasteiger charge is -2.19. The summed E-state index contributed by atoms with van der Waals surface area (Å²) in [6.07, 6.45) is 2.39. The molecule has 2 heterocycles. The predicted molar refractivity (Wildman–Crippen MR) is 72.0 cm³/mol. The second-order valence-corrected chi connectivity index (χ2v) is 5.09. The van der Waals surface area contributed by atoms with Gasteiger partial charge in [0.15, 0.2) is 0 Å². The third-order valence-corrected chi connectivity index (χ3v) is 3.69. The second kappa shape index (κ2) is 4.92. The zero-order chi connectivity index (χ0) is 12.5. The van der Waals surface area contributed by atoms with E-state index < -0.39 is 0 Å². The molecule has 0 aliphatic carbocycles. The van der Waals surface area contributed by atoms with Crippen molar-refractivity contribution < 1.29 is 9.15 Å². The Bertz CT molecular complexity index is 546. The molecule has 1 aliphatic heterocycles. The SMILES string of the molecule is CNC(c1cc2cc(Cl)ccc2o1)C1CCCO1. The summed E-state index contributed by atoms with van der Waals surface area (Å²) in [6.45, 7) is 0.842. The Hall–Kier alpha value is -1.03. The van der Waals surface area contributed by atoms with Crippen molar-refractivity contribution in [3.63, 3.8) is 0 Å². The molecule has 2 unspecified atom stereocenters. The topological polar surface area (TPSA) is 34.4 Å². The minimum absolute atomic E-state index is 0.110. The predicted octanol–water partition coefficient (Wildman–Crippen LogP) is 3.53. The first-order valence-electron chi connectivity index (χ1n) is 6.26. The van der Waals surface area contributed by atoms with Crippen molar-refractivity contribution in [2.24, 2.45) is 0 Å². The molecular weight excluding hydrogens is 250 g/mol. The maximum Gasteiger partial charge on any atom is 0.134 e. The van der Waals surface area contributed by atoms with E-state index >= 15 is 0 Å². The van der Waals surface area contributed by atoms with Crippen LogP contribution in [0.25, 0.3) is 11.0 Å². The Morgan fingerprint density at radius 2 is 2.28 bits per heavy atom. The summed E-state index contributed by atoms with van der Waals surface area (Å²) in [7, 11) is 1.94. The van der Waals surface area contributed by atoms with E-state index in [0.29, 0.717) is 0 Å². The second-order valence-electron chi connectivity index (χ2n) is 4.65. The van der Waals surface area contributed by atoms with Crippen LogP contribution in [0.5, 0.6) is 0 Å². The number of likely N-dealkylation sites (N-methyl/N-ethyl adjacent to an activating group) is 1. The molecule has 1 aromatic heterocycles. The highest BCUT2D eigenvalue weighted by Crippen LogP contribution is 2.31. The smallest absolute Gasteiger partial charge is 0.134 e. The van der Waals surface area contributed by atoms with E-state index in [2.05, 4.69) is 5.32 Å². The molecule has 3 rings (SSSR count). The Kier molecular flexibility index (Phi) is 3.29. The van der Waals surface area contributed by atoms with E-state index in [1.54, 1.807) is 0 Å². The molecule has 96 valence electrons. The van der Waals surface area contributed by atoms with Crippen LogP contribution in [0.15, 0.2) is 28.7 Å². The van der Waals surface area contributed by atoms with Gasteiger partial charge in [-0.25, -0.2) is 0 Å². The number of rotatable bonds is 3. The summed E-state index contributed by atoms with van der Waals surface area (Å²) in [5.41, 5.74) is 0.868. The third-order valence-electron chi connectivity index (χ3n) is 3.45. The van der Waals surface area contributed by atoms with E-state index in [4.69, 9.17) is 20.8 Å². The summed E-state index contributed by atoms with van der Waals surface area (Å²) in [5.74, 6) is 0.918. The number of hydrogen-bond acceptors (Lipinski definition) is 3. The van der Waals surface area contributed by atoms with Crippen LogP contribution < -0.4 is 5.32 Å². The van der Waals surface area contributed by atoms with Gasteiger partial charge in [0.1, 0.15) is 11.3 Å². The molecule has 0 bridgehead atoms. The fraction of sp³-hybridized carbons (Fsp3) is 0.429. The van der Waals surface area contributed by atoms with Gasteiger partial charge < -0.3 is 14.5 Å². The Morgan fingerprint density at radius 3 is 3.00 bits per heavy atom. The highest BCUT2D eigenvalue weighted by molar-refractivity contribution is 6.31. The summed E-state index contributed by atoms with van der Waals surface area (Å²) in [4.78, 5) is 0. The largest absolute Gasteiger partial charge is 0.459 e. The molecule has 3 nitrogen and oxygen atoms in total. The number of hydrogen-bond donors (Lipinski definition) is 1. The van der Waals surface area contributed by atoms with Gasteiger partial charge in [-0.1, -0.05) is 11.6 Å². The van der Waals surface area contributed by atoms with E-state index in [1.807, 2.05) is 31.3 Å².